The van der Waals surface area contributed by atoms with E-state index in [1.165, 1.54) is 12.1 Å². The fourth-order valence-electron chi connectivity index (χ4n) is 2.73. The molecule has 0 aromatic heterocycles. The molecule has 0 saturated carbocycles. The highest BCUT2D eigenvalue weighted by molar-refractivity contribution is 6.30. The molecule has 0 radical (unpaired) electrons. The number of likely N-dealkylation sites (N-methyl/N-ethyl adjacent to an activating group) is 1. The van der Waals surface area contributed by atoms with Crippen molar-refractivity contribution in [2.24, 2.45) is 5.73 Å². The summed E-state index contributed by atoms with van der Waals surface area (Å²) in [4.78, 5) is 4.85. The highest BCUT2D eigenvalue weighted by Crippen LogP contribution is 2.27. The summed E-state index contributed by atoms with van der Waals surface area (Å²) in [5, 5.41) is 0.763. The van der Waals surface area contributed by atoms with Crippen LogP contribution in [0, 0.1) is 0 Å². The van der Waals surface area contributed by atoms with E-state index in [9.17, 15) is 0 Å². The first-order valence-corrected chi connectivity index (χ1v) is 6.93. The van der Waals surface area contributed by atoms with Gasteiger partial charge in [0, 0.05) is 36.4 Å². The number of benzene rings is 1. The number of rotatable bonds is 2. The summed E-state index contributed by atoms with van der Waals surface area (Å²) in [5.41, 5.74) is 8.22. The Hall–Kier alpha value is -0.770. The van der Waals surface area contributed by atoms with E-state index in [2.05, 4.69) is 29.8 Å². The molecule has 18 heavy (non-hydrogen) atoms. The lowest BCUT2D eigenvalue weighted by Crippen LogP contribution is -2.38. The molecule has 0 amide bonds. The van der Waals surface area contributed by atoms with Crippen LogP contribution in [0.1, 0.15) is 18.9 Å². The summed E-state index contributed by atoms with van der Waals surface area (Å²) in [6, 6.07) is 6.55. The molecule has 1 saturated heterocycles. The maximum atomic E-state index is 6.04. The van der Waals surface area contributed by atoms with Gasteiger partial charge >= 0.3 is 0 Å². The van der Waals surface area contributed by atoms with Gasteiger partial charge in [-0.2, -0.15) is 0 Å². The molecule has 0 spiro atoms. The van der Waals surface area contributed by atoms with Crippen LogP contribution in [0.15, 0.2) is 18.2 Å². The van der Waals surface area contributed by atoms with E-state index in [1.807, 2.05) is 12.1 Å². The summed E-state index contributed by atoms with van der Waals surface area (Å²) in [6.45, 7) is 6.14. The van der Waals surface area contributed by atoms with Crippen molar-refractivity contribution in [3.05, 3.63) is 28.8 Å². The van der Waals surface area contributed by atoms with E-state index in [0.717, 1.165) is 30.2 Å². The van der Waals surface area contributed by atoms with Crippen molar-refractivity contribution < 1.29 is 0 Å². The third-order valence-corrected chi connectivity index (χ3v) is 3.85. The van der Waals surface area contributed by atoms with Crippen LogP contribution in [-0.4, -0.2) is 37.6 Å². The van der Waals surface area contributed by atoms with E-state index in [0.29, 0.717) is 12.6 Å². The Balaban J connectivity index is 2.29. The monoisotopic (exact) mass is 267 g/mol. The largest absolute Gasteiger partial charge is 0.367 e. The Labute approximate surface area is 115 Å². The number of hydrogen-bond acceptors (Lipinski definition) is 3. The molecule has 1 unspecified atom stereocenters. The highest BCUT2D eigenvalue weighted by atomic mass is 35.5. The third kappa shape index (κ3) is 2.97. The molecule has 1 heterocycles. The second kappa shape index (κ2) is 5.91. The Morgan fingerprint density at radius 2 is 2.17 bits per heavy atom. The van der Waals surface area contributed by atoms with Crippen LogP contribution < -0.4 is 10.6 Å². The lowest BCUT2D eigenvalue weighted by atomic mass is 10.1. The van der Waals surface area contributed by atoms with Gasteiger partial charge in [0.2, 0.25) is 0 Å². The summed E-state index contributed by atoms with van der Waals surface area (Å²) in [7, 11) is 2.19. The molecular weight excluding hydrogens is 246 g/mol. The number of halogens is 1. The van der Waals surface area contributed by atoms with Gasteiger partial charge in [0.15, 0.2) is 0 Å². The van der Waals surface area contributed by atoms with E-state index in [4.69, 9.17) is 17.3 Å². The molecule has 4 heteroatoms. The lowest BCUT2D eigenvalue weighted by molar-refractivity contribution is 0.337. The standard InChI is InChI=1S/C14H22ClN3/c1-11-10-17(2)6-3-7-18(11)14-5-4-13(15)8-12(14)9-16/h4-5,8,11H,3,6-7,9-10,16H2,1-2H3. The SMILES string of the molecule is CC1CN(C)CCCN1c1ccc(Cl)cc1CN. The third-order valence-electron chi connectivity index (χ3n) is 3.62. The van der Waals surface area contributed by atoms with Crippen molar-refractivity contribution in [3.63, 3.8) is 0 Å². The quantitative estimate of drug-likeness (QED) is 0.893. The molecule has 0 aliphatic carbocycles. The molecule has 2 rings (SSSR count). The van der Waals surface area contributed by atoms with E-state index in [-0.39, 0.29) is 0 Å². The second-order valence-electron chi connectivity index (χ2n) is 5.14. The zero-order valence-electron chi connectivity index (χ0n) is 11.2. The Bertz CT molecular complexity index is 408. The fraction of sp³-hybridized carbons (Fsp3) is 0.571. The molecule has 1 atom stereocenters. The van der Waals surface area contributed by atoms with Crippen LogP contribution in [0.25, 0.3) is 0 Å². The van der Waals surface area contributed by atoms with Crippen molar-refractivity contribution in [3.8, 4) is 0 Å². The predicted molar refractivity (Wildman–Crippen MR) is 78.3 cm³/mol. The molecule has 3 nitrogen and oxygen atoms in total. The van der Waals surface area contributed by atoms with Gasteiger partial charge in [-0.1, -0.05) is 11.6 Å². The maximum Gasteiger partial charge on any atom is 0.0415 e. The van der Waals surface area contributed by atoms with Crippen molar-refractivity contribution in [2.75, 3.05) is 31.6 Å². The fourth-order valence-corrected chi connectivity index (χ4v) is 2.92. The van der Waals surface area contributed by atoms with Gasteiger partial charge in [-0.3, -0.25) is 0 Å². The molecule has 1 fully saturated rings. The summed E-state index contributed by atoms with van der Waals surface area (Å²) < 4.78 is 0. The van der Waals surface area contributed by atoms with Crippen LogP contribution in [-0.2, 0) is 6.54 Å². The van der Waals surface area contributed by atoms with E-state index in [1.54, 1.807) is 0 Å². The number of anilines is 1. The molecule has 1 aliphatic heterocycles. The Morgan fingerprint density at radius 1 is 1.39 bits per heavy atom. The Morgan fingerprint density at radius 3 is 2.89 bits per heavy atom. The van der Waals surface area contributed by atoms with Gasteiger partial charge < -0.3 is 15.5 Å². The normalized spacial score (nSPS) is 22.0. The average molecular weight is 268 g/mol. The summed E-state index contributed by atoms with van der Waals surface area (Å²) in [5.74, 6) is 0. The summed E-state index contributed by atoms with van der Waals surface area (Å²) >= 11 is 6.04. The van der Waals surface area contributed by atoms with Gasteiger partial charge in [0.25, 0.3) is 0 Å². The van der Waals surface area contributed by atoms with Crippen molar-refractivity contribution in [1.82, 2.24) is 4.90 Å². The minimum atomic E-state index is 0.504. The molecule has 1 aromatic rings. The van der Waals surface area contributed by atoms with Gasteiger partial charge in [0.1, 0.15) is 0 Å². The van der Waals surface area contributed by atoms with Crippen molar-refractivity contribution in [1.29, 1.82) is 0 Å². The van der Waals surface area contributed by atoms with Gasteiger partial charge in [-0.05, 0) is 50.7 Å². The molecule has 1 aliphatic rings. The number of hydrogen-bond donors (Lipinski definition) is 1. The molecule has 2 N–H and O–H groups in total. The van der Waals surface area contributed by atoms with Crippen molar-refractivity contribution >= 4 is 17.3 Å². The average Bonchev–Trinajstić information content (AvgIpc) is 2.50. The van der Waals surface area contributed by atoms with E-state index >= 15 is 0 Å². The minimum Gasteiger partial charge on any atom is -0.367 e. The molecule has 0 bridgehead atoms. The minimum absolute atomic E-state index is 0.504. The number of nitrogens with zero attached hydrogens (tertiary/aromatic N) is 2. The zero-order valence-corrected chi connectivity index (χ0v) is 12.0. The Kier molecular flexibility index (Phi) is 4.49. The van der Waals surface area contributed by atoms with Gasteiger partial charge in [0.05, 0.1) is 0 Å². The second-order valence-corrected chi connectivity index (χ2v) is 5.57. The first-order chi connectivity index (χ1) is 8.61. The summed E-state index contributed by atoms with van der Waals surface area (Å²) in [6.07, 6.45) is 1.19. The van der Waals surface area contributed by atoms with Crippen molar-refractivity contribution in [2.45, 2.75) is 25.9 Å². The zero-order chi connectivity index (χ0) is 13.1. The van der Waals surface area contributed by atoms with Crippen LogP contribution in [0.4, 0.5) is 5.69 Å². The smallest absolute Gasteiger partial charge is 0.0415 e. The van der Waals surface area contributed by atoms with E-state index < -0.39 is 0 Å². The van der Waals surface area contributed by atoms with Crippen LogP contribution in [0.5, 0.6) is 0 Å². The topological polar surface area (TPSA) is 32.5 Å². The molecule has 1 aromatic carbocycles. The van der Waals surface area contributed by atoms with Crippen LogP contribution >= 0.6 is 11.6 Å². The predicted octanol–water partition coefficient (Wildman–Crippen LogP) is 2.33. The molecular formula is C14H22ClN3. The first kappa shape index (κ1) is 13.7. The first-order valence-electron chi connectivity index (χ1n) is 6.55. The lowest BCUT2D eigenvalue weighted by Gasteiger charge is -2.31. The van der Waals surface area contributed by atoms with Gasteiger partial charge in [-0.25, -0.2) is 0 Å². The maximum absolute atomic E-state index is 6.04. The van der Waals surface area contributed by atoms with Crippen LogP contribution in [0.3, 0.4) is 0 Å². The number of nitrogens with two attached hydrogens (primary N) is 1. The van der Waals surface area contributed by atoms with Crippen LogP contribution in [0.2, 0.25) is 5.02 Å². The van der Waals surface area contributed by atoms with Gasteiger partial charge in [-0.15, -0.1) is 0 Å². The molecule has 100 valence electrons. The highest BCUT2D eigenvalue weighted by Gasteiger charge is 2.21.